The van der Waals surface area contributed by atoms with Crippen LogP contribution in [0.25, 0.3) is 10.9 Å². The van der Waals surface area contributed by atoms with Crippen molar-refractivity contribution in [2.24, 2.45) is 0 Å². The molecule has 6 heteroatoms. The molecule has 112 valence electrons. The predicted molar refractivity (Wildman–Crippen MR) is 83.3 cm³/mol. The average Bonchev–Trinajstić information content (AvgIpc) is 2.94. The van der Waals surface area contributed by atoms with Crippen molar-refractivity contribution in [1.82, 2.24) is 15.1 Å². The Balaban J connectivity index is 1.89. The molecule has 3 aromatic rings. The van der Waals surface area contributed by atoms with E-state index in [0.717, 1.165) is 10.9 Å². The van der Waals surface area contributed by atoms with Crippen LogP contribution in [0.4, 0.5) is 4.39 Å². The van der Waals surface area contributed by atoms with Crippen LogP contribution in [0.15, 0.2) is 42.5 Å². The second-order valence-electron chi connectivity index (χ2n) is 4.98. The molecule has 2 aromatic carbocycles. The Morgan fingerprint density at radius 2 is 2.05 bits per heavy atom. The number of fused-ring (bicyclic) bond motifs is 1. The normalized spacial score (nSPS) is 10.9. The third kappa shape index (κ3) is 2.55. The van der Waals surface area contributed by atoms with E-state index in [9.17, 15) is 9.18 Å². The second-order valence-corrected chi connectivity index (χ2v) is 5.39. The van der Waals surface area contributed by atoms with Crippen LogP contribution in [-0.4, -0.2) is 28.1 Å². The van der Waals surface area contributed by atoms with Crippen molar-refractivity contribution in [2.45, 2.75) is 6.54 Å². The Bertz CT molecular complexity index is 826. The van der Waals surface area contributed by atoms with Crippen molar-refractivity contribution >= 4 is 28.4 Å². The van der Waals surface area contributed by atoms with Crippen molar-refractivity contribution in [1.29, 1.82) is 0 Å². The first-order chi connectivity index (χ1) is 10.6. The van der Waals surface area contributed by atoms with E-state index in [0.29, 0.717) is 16.3 Å². The van der Waals surface area contributed by atoms with Crippen molar-refractivity contribution < 1.29 is 9.18 Å². The van der Waals surface area contributed by atoms with Crippen molar-refractivity contribution in [3.05, 3.63) is 64.6 Å². The van der Waals surface area contributed by atoms with Crippen LogP contribution in [-0.2, 0) is 6.54 Å². The molecule has 22 heavy (non-hydrogen) atoms. The van der Waals surface area contributed by atoms with E-state index in [1.54, 1.807) is 13.1 Å². The number of benzene rings is 2. The Hall–Kier alpha value is -2.40. The predicted octanol–water partition coefficient (Wildman–Crippen LogP) is 3.63. The van der Waals surface area contributed by atoms with Gasteiger partial charge in [-0.2, -0.15) is 5.10 Å². The number of hydrogen-bond acceptors (Lipinski definition) is 2. The highest BCUT2D eigenvalue weighted by atomic mass is 35.5. The molecule has 0 spiro atoms. The number of H-pyrrole nitrogens is 1. The average molecular weight is 318 g/mol. The summed E-state index contributed by atoms with van der Waals surface area (Å²) >= 11 is 6.00. The minimum Gasteiger partial charge on any atom is -0.336 e. The zero-order chi connectivity index (χ0) is 15.7. The molecule has 0 fully saturated rings. The summed E-state index contributed by atoms with van der Waals surface area (Å²) in [7, 11) is 1.59. The molecule has 0 radical (unpaired) electrons. The van der Waals surface area contributed by atoms with Crippen molar-refractivity contribution in [3.63, 3.8) is 0 Å². The molecule has 0 aliphatic heterocycles. The fraction of sp³-hybridized carbons (Fsp3) is 0.125. The molecule has 1 N–H and O–H groups in total. The standard InChI is InChI=1S/C16H13ClFN3O/c1-21(9-11-12(17)6-4-7-13(11)18)16(22)15-10-5-2-3-8-14(10)19-20-15/h2-8H,9H2,1H3,(H,19,20). The Morgan fingerprint density at radius 3 is 2.82 bits per heavy atom. The van der Waals surface area contributed by atoms with Gasteiger partial charge in [0.05, 0.1) is 12.1 Å². The molecule has 0 atom stereocenters. The fourth-order valence-electron chi connectivity index (χ4n) is 2.30. The highest BCUT2D eigenvalue weighted by molar-refractivity contribution is 6.31. The van der Waals surface area contributed by atoms with Gasteiger partial charge in [0.25, 0.3) is 5.91 Å². The van der Waals surface area contributed by atoms with E-state index in [-0.39, 0.29) is 12.5 Å². The van der Waals surface area contributed by atoms with Gasteiger partial charge in [0.2, 0.25) is 0 Å². The molecular formula is C16H13ClFN3O. The van der Waals surface area contributed by atoms with Gasteiger partial charge in [0, 0.05) is 23.0 Å². The third-order valence-corrected chi connectivity index (χ3v) is 3.83. The molecule has 0 aliphatic carbocycles. The van der Waals surface area contributed by atoms with E-state index in [1.807, 2.05) is 24.3 Å². The van der Waals surface area contributed by atoms with Crippen LogP contribution < -0.4 is 0 Å². The van der Waals surface area contributed by atoms with Crippen LogP contribution in [0.2, 0.25) is 5.02 Å². The zero-order valence-electron chi connectivity index (χ0n) is 11.8. The number of aromatic amines is 1. The largest absolute Gasteiger partial charge is 0.336 e. The summed E-state index contributed by atoms with van der Waals surface area (Å²) in [5, 5.41) is 7.91. The lowest BCUT2D eigenvalue weighted by Crippen LogP contribution is -2.27. The summed E-state index contributed by atoms with van der Waals surface area (Å²) in [5.41, 5.74) is 1.38. The van der Waals surface area contributed by atoms with Crippen LogP contribution in [0.5, 0.6) is 0 Å². The molecule has 0 saturated heterocycles. The SMILES string of the molecule is CN(Cc1c(F)cccc1Cl)C(=O)c1n[nH]c2ccccc12. The van der Waals surface area contributed by atoms with Crippen LogP contribution in [0, 0.1) is 5.82 Å². The fourth-order valence-corrected chi connectivity index (χ4v) is 2.52. The molecule has 3 rings (SSSR count). The smallest absolute Gasteiger partial charge is 0.275 e. The van der Waals surface area contributed by atoms with Gasteiger partial charge in [-0.05, 0) is 18.2 Å². The quantitative estimate of drug-likeness (QED) is 0.802. The van der Waals surface area contributed by atoms with E-state index < -0.39 is 5.82 Å². The van der Waals surface area contributed by atoms with Gasteiger partial charge in [-0.1, -0.05) is 35.9 Å². The minimum absolute atomic E-state index is 0.0749. The van der Waals surface area contributed by atoms with Crippen LogP contribution in [0.1, 0.15) is 16.1 Å². The molecule has 0 bridgehead atoms. The molecular weight excluding hydrogens is 305 g/mol. The van der Waals surface area contributed by atoms with Crippen molar-refractivity contribution in [2.75, 3.05) is 7.05 Å². The highest BCUT2D eigenvalue weighted by Gasteiger charge is 2.20. The number of carbonyl (C=O) groups excluding carboxylic acids is 1. The van der Waals surface area contributed by atoms with Crippen molar-refractivity contribution in [3.8, 4) is 0 Å². The third-order valence-electron chi connectivity index (χ3n) is 3.48. The number of carbonyl (C=O) groups is 1. The molecule has 1 amide bonds. The van der Waals surface area contributed by atoms with Gasteiger partial charge < -0.3 is 4.90 Å². The lowest BCUT2D eigenvalue weighted by molar-refractivity contribution is 0.0780. The summed E-state index contributed by atoms with van der Waals surface area (Å²) in [4.78, 5) is 13.9. The maximum atomic E-state index is 13.8. The first-order valence-corrected chi connectivity index (χ1v) is 7.07. The minimum atomic E-state index is -0.431. The Kier molecular flexibility index (Phi) is 3.81. The molecule has 1 aromatic heterocycles. The number of halogens is 2. The number of nitrogens with one attached hydrogen (secondary N) is 1. The molecule has 0 saturated carbocycles. The van der Waals surface area contributed by atoms with E-state index in [1.165, 1.54) is 17.0 Å². The summed E-state index contributed by atoms with van der Waals surface area (Å²) < 4.78 is 13.8. The van der Waals surface area contributed by atoms with E-state index in [2.05, 4.69) is 10.2 Å². The van der Waals surface area contributed by atoms with Crippen LogP contribution >= 0.6 is 11.6 Å². The number of aromatic nitrogens is 2. The molecule has 4 nitrogen and oxygen atoms in total. The second kappa shape index (κ2) is 5.77. The molecule has 0 unspecified atom stereocenters. The lowest BCUT2D eigenvalue weighted by Gasteiger charge is -2.17. The van der Waals surface area contributed by atoms with E-state index in [4.69, 9.17) is 11.6 Å². The summed E-state index contributed by atoms with van der Waals surface area (Å²) in [6.07, 6.45) is 0. The number of hydrogen-bond donors (Lipinski definition) is 1. The highest BCUT2D eigenvalue weighted by Crippen LogP contribution is 2.22. The van der Waals surface area contributed by atoms with Gasteiger partial charge >= 0.3 is 0 Å². The summed E-state index contributed by atoms with van der Waals surface area (Å²) in [6, 6.07) is 11.8. The van der Waals surface area contributed by atoms with Gasteiger partial charge in [-0.15, -0.1) is 0 Å². The number of nitrogens with zero attached hydrogens (tertiary/aromatic N) is 2. The van der Waals surface area contributed by atoms with Gasteiger partial charge in [0.1, 0.15) is 5.82 Å². The number of amides is 1. The first-order valence-electron chi connectivity index (χ1n) is 6.69. The van der Waals surface area contributed by atoms with Gasteiger partial charge in [-0.3, -0.25) is 9.89 Å². The zero-order valence-corrected chi connectivity index (χ0v) is 12.6. The monoisotopic (exact) mass is 317 g/mol. The Labute approximate surface area is 131 Å². The first kappa shape index (κ1) is 14.5. The van der Waals surface area contributed by atoms with Gasteiger partial charge in [0.15, 0.2) is 5.69 Å². The van der Waals surface area contributed by atoms with Gasteiger partial charge in [-0.25, -0.2) is 4.39 Å². The summed E-state index contributed by atoms with van der Waals surface area (Å²) in [5.74, 6) is -0.726. The number of rotatable bonds is 3. The topological polar surface area (TPSA) is 49.0 Å². The Morgan fingerprint density at radius 1 is 1.27 bits per heavy atom. The molecule has 1 heterocycles. The number of para-hydroxylation sites is 1. The van der Waals surface area contributed by atoms with Crippen LogP contribution in [0.3, 0.4) is 0 Å². The van der Waals surface area contributed by atoms with E-state index >= 15 is 0 Å². The summed E-state index contributed by atoms with van der Waals surface area (Å²) in [6.45, 7) is 0.0749. The lowest BCUT2D eigenvalue weighted by atomic mass is 10.1. The maximum Gasteiger partial charge on any atom is 0.275 e. The molecule has 0 aliphatic rings. The maximum absolute atomic E-state index is 13.8.